The Morgan fingerprint density at radius 2 is 1.02 bits per heavy atom. The average Bonchev–Trinajstić information content (AvgIpc) is 2.79. The third-order valence-electron chi connectivity index (χ3n) is 6.16. The average molecular weight is 557 g/mol. The van der Waals surface area contributed by atoms with Crippen molar-refractivity contribution in [1.29, 1.82) is 0 Å². The van der Waals surface area contributed by atoms with Crippen LogP contribution in [-0.2, 0) is 6.42 Å². The maximum atomic E-state index is 13.4. The quantitative estimate of drug-likeness (QED) is 0.154. The molecule has 0 aliphatic rings. The summed E-state index contributed by atoms with van der Waals surface area (Å²) in [7, 11) is 0. The van der Waals surface area contributed by atoms with Gasteiger partial charge in [0.15, 0.2) is 22.9 Å². The van der Waals surface area contributed by atoms with Gasteiger partial charge < -0.3 is 0 Å². The van der Waals surface area contributed by atoms with Gasteiger partial charge in [0.05, 0.1) is 22.8 Å². The zero-order chi connectivity index (χ0) is 30.8. The van der Waals surface area contributed by atoms with Crippen LogP contribution in [0.25, 0.3) is 0 Å². The van der Waals surface area contributed by atoms with Crippen LogP contribution in [0, 0.1) is 20.8 Å². The lowest BCUT2D eigenvalue weighted by atomic mass is 10.1. The first kappa shape index (κ1) is 32.5. The largest absolute Gasteiger partial charge is 0.292 e. The summed E-state index contributed by atoms with van der Waals surface area (Å²) in [6, 6.07) is 0. The molecule has 0 saturated carbocycles. The third kappa shape index (κ3) is 8.37. The van der Waals surface area contributed by atoms with E-state index in [4.69, 9.17) is 0 Å². The molecule has 0 radical (unpaired) electrons. The molecule has 0 spiro atoms. The normalized spacial score (nSPS) is 14.1. The first-order valence-electron chi connectivity index (χ1n) is 13.4. The van der Waals surface area contributed by atoms with E-state index in [9.17, 15) is 20.4 Å². The maximum Gasteiger partial charge on any atom is 0.244 e. The van der Waals surface area contributed by atoms with Crippen LogP contribution in [0.5, 0.6) is 0 Å². The van der Waals surface area contributed by atoms with Gasteiger partial charge in [-0.3, -0.25) is 25.4 Å². The van der Waals surface area contributed by atoms with Crippen LogP contribution >= 0.6 is 0 Å². The van der Waals surface area contributed by atoms with E-state index in [2.05, 4.69) is 19.9 Å². The summed E-state index contributed by atoms with van der Waals surface area (Å²) >= 11 is 0. The molecule has 0 aliphatic heterocycles. The van der Waals surface area contributed by atoms with Crippen molar-refractivity contribution >= 4 is 24.4 Å². The van der Waals surface area contributed by atoms with E-state index < -0.39 is 16.6 Å². The van der Waals surface area contributed by atoms with Crippen LogP contribution < -0.4 is 0 Å². The van der Waals surface area contributed by atoms with Gasteiger partial charge in [0.1, 0.15) is 5.69 Å². The molecule has 0 aliphatic carbocycles. The van der Waals surface area contributed by atoms with E-state index in [1.165, 1.54) is 12.4 Å². The van der Waals surface area contributed by atoms with Crippen molar-refractivity contribution < 1.29 is 34.6 Å². The molecule has 11 nitrogen and oxygen atoms in total. The number of Topliss-reactive ketones (excluding diaryl/α,β-unsaturated/α-hetero) is 1. The minimum atomic E-state index is -0.648. The minimum absolute atomic E-state index is 0.0964. The van der Waals surface area contributed by atoms with Crippen molar-refractivity contribution in [2.45, 2.75) is 113 Å². The van der Waals surface area contributed by atoms with Crippen LogP contribution in [0.15, 0.2) is 0 Å². The van der Waals surface area contributed by atoms with Gasteiger partial charge in [-0.1, -0.05) is 0 Å². The Kier molecular flexibility index (Phi) is 9.55. The van der Waals surface area contributed by atoms with Gasteiger partial charge in [0.2, 0.25) is 35.3 Å². The number of nitrogens with zero attached hydrogens (tertiary/aromatic N) is 7. The monoisotopic (exact) mass is 556 g/mol. The summed E-state index contributed by atoms with van der Waals surface area (Å²) in [6.45, 7) is 21.9. The van der Waals surface area contributed by atoms with Crippen molar-refractivity contribution in [3.8, 4) is 0 Å². The van der Waals surface area contributed by atoms with Crippen molar-refractivity contribution in [2.75, 3.05) is 0 Å². The summed E-state index contributed by atoms with van der Waals surface area (Å²) in [5, 5.41) is 31.4. The van der Waals surface area contributed by atoms with Crippen LogP contribution in [0.1, 0.15) is 119 Å². The second-order valence-electron chi connectivity index (χ2n) is 13.0. The van der Waals surface area contributed by atoms with Crippen LogP contribution in [-0.4, -0.2) is 90.8 Å². The summed E-state index contributed by atoms with van der Waals surface area (Å²) in [5.41, 5.74) is 1.94. The van der Waals surface area contributed by atoms with Crippen molar-refractivity contribution in [2.24, 2.45) is 0 Å². The Bertz CT molecular complexity index is 1370. The highest BCUT2D eigenvalue weighted by Crippen LogP contribution is 2.16. The molecule has 218 valence electrons. The zero-order valence-corrected chi connectivity index (χ0v) is 26.0. The van der Waals surface area contributed by atoms with Crippen molar-refractivity contribution in [3.05, 3.63) is 45.6 Å². The number of rotatable bonds is 7. The minimum Gasteiger partial charge on any atom is -0.292 e. The SMILES string of the molecule is Cc1nc(CCC(=O)c2nc(C)c(/C=[N+](\O)C(C)(C)C)nc2/C=[N+](\O)C(C)(C)C)c(C)nc1/C=[N+](\O)C(C)(C)C. The second kappa shape index (κ2) is 11.8. The Hall–Kier alpha value is -3.76. The third-order valence-corrected chi connectivity index (χ3v) is 6.16. The van der Waals surface area contributed by atoms with Gasteiger partial charge in [0, 0.05) is 68.7 Å². The highest BCUT2D eigenvalue weighted by molar-refractivity contribution is 6.00. The molecule has 40 heavy (non-hydrogen) atoms. The molecule has 0 fully saturated rings. The number of hydrogen-bond donors (Lipinski definition) is 3. The first-order valence-corrected chi connectivity index (χ1v) is 13.4. The lowest BCUT2D eigenvalue weighted by Gasteiger charge is -2.12. The number of aryl methyl sites for hydroxylation is 4. The number of hydrogen-bond acceptors (Lipinski definition) is 8. The molecular weight excluding hydrogens is 510 g/mol. The standard InChI is InChI=1S/C29H46N7O4/c1-18-21(30-19(2)22(31-18)15-34(38)27(4,5)6)13-14-25(37)26-24(17-36(40)29(10,11)12)33-23(20(3)32-26)16-35(39)28(7,8)9/h15-17,38-40H,13-14H2,1-12H3/q+3. The zero-order valence-electron chi connectivity index (χ0n) is 26.0. The number of hydroxylamine groups is 3. The topological polar surface area (TPSA) is 138 Å². The predicted octanol–water partition coefficient (Wildman–Crippen LogP) is 3.86. The lowest BCUT2D eigenvalue weighted by molar-refractivity contribution is -0.817. The van der Waals surface area contributed by atoms with Gasteiger partial charge >= 0.3 is 0 Å². The highest BCUT2D eigenvalue weighted by atomic mass is 16.5. The molecule has 0 atom stereocenters. The number of aromatic nitrogens is 4. The Balaban J connectivity index is 2.48. The van der Waals surface area contributed by atoms with E-state index in [-0.39, 0.29) is 23.6 Å². The smallest absolute Gasteiger partial charge is 0.244 e. The fraction of sp³-hybridized carbons (Fsp3) is 0.586. The number of ketones is 1. The van der Waals surface area contributed by atoms with E-state index in [1.54, 1.807) is 13.1 Å². The Morgan fingerprint density at radius 3 is 1.48 bits per heavy atom. The summed E-state index contributed by atoms with van der Waals surface area (Å²) in [5.74, 6) is -0.267. The van der Waals surface area contributed by atoms with Gasteiger partial charge in [-0.15, -0.1) is 0 Å². The van der Waals surface area contributed by atoms with Gasteiger partial charge in [-0.2, -0.15) is 0 Å². The number of carbonyl (C=O) groups is 1. The molecule has 2 heterocycles. The molecular formula is C29H46N7O4+3. The highest BCUT2D eigenvalue weighted by Gasteiger charge is 2.29. The summed E-state index contributed by atoms with van der Waals surface area (Å²) in [6.07, 6.45) is 4.81. The van der Waals surface area contributed by atoms with Crippen LogP contribution in [0.4, 0.5) is 0 Å². The second-order valence-corrected chi connectivity index (χ2v) is 13.0. The van der Waals surface area contributed by atoms with Crippen LogP contribution in [0.2, 0.25) is 0 Å². The molecule has 2 aromatic heterocycles. The van der Waals surface area contributed by atoms with E-state index in [1.807, 2.05) is 76.2 Å². The molecule has 0 bridgehead atoms. The maximum absolute atomic E-state index is 13.4. The van der Waals surface area contributed by atoms with E-state index in [0.29, 0.717) is 40.6 Å². The summed E-state index contributed by atoms with van der Waals surface area (Å²) < 4.78 is 3.13. The van der Waals surface area contributed by atoms with Crippen molar-refractivity contribution in [1.82, 2.24) is 19.9 Å². The molecule has 11 heteroatoms. The Labute approximate surface area is 237 Å². The van der Waals surface area contributed by atoms with Gasteiger partial charge in [-0.05, 0) is 41.4 Å². The molecule has 3 N–H and O–H groups in total. The fourth-order valence-electron chi connectivity index (χ4n) is 3.27. The lowest BCUT2D eigenvalue weighted by Crippen LogP contribution is -2.33. The number of carbonyl (C=O) groups excluding carboxylic acids is 1. The summed E-state index contributed by atoms with van der Waals surface area (Å²) in [4.78, 5) is 31.8. The van der Waals surface area contributed by atoms with E-state index >= 15 is 0 Å². The van der Waals surface area contributed by atoms with Crippen LogP contribution in [0.3, 0.4) is 0 Å². The molecule has 0 aromatic carbocycles. The molecule has 0 saturated heterocycles. The molecule has 2 rings (SSSR count). The molecule has 2 aromatic rings. The first-order chi connectivity index (χ1) is 18.1. The fourth-order valence-corrected chi connectivity index (χ4v) is 3.27. The van der Waals surface area contributed by atoms with Gasteiger partial charge in [-0.25, -0.2) is 15.0 Å². The van der Waals surface area contributed by atoms with Gasteiger partial charge in [0.25, 0.3) is 0 Å². The van der Waals surface area contributed by atoms with E-state index in [0.717, 1.165) is 14.2 Å². The predicted molar refractivity (Wildman–Crippen MR) is 152 cm³/mol. The molecule has 0 unspecified atom stereocenters. The molecule has 0 amide bonds. The Morgan fingerprint density at radius 1 is 0.625 bits per heavy atom. The van der Waals surface area contributed by atoms with Crippen molar-refractivity contribution in [3.63, 3.8) is 0 Å².